The van der Waals surface area contributed by atoms with Gasteiger partial charge in [0.1, 0.15) is 5.75 Å². The SMILES string of the molecule is CCOC(=O)C1=C(C)N=c2sc(=Cc3cccnc3)c(=O)n2[C@H]1c1ccc(OC(C)=O)cc1. The van der Waals surface area contributed by atoms with Gasteiger partial charge in [-0.05, 0) is 49.2 Å². The van der Waals surface area contributed by atoms with E-state index in [-0.39, 0.29) is 17.7 Å². The Labute approximate surface area is 193 Å². The average molecular weight is 464 g/mol. The molecule has 9 heteroatoms. The van der Waals surface area contributed by atoms with Crippen molar-refractivity contribution in [2.45, 2.75) is 26.8 Å². The second-order valence-corrected chi connectivity index (χ2v) is 8.26. The number of pyridine rings is 1. The van der Waals surface area contributed by atoms with E-state index >= 15 is 0 Å². The number of ether oxygens (including phenoxy) is 2. The maximum absolute atomic E-state index is 13.5. The van der Waals surface area contributed by atoms with Crippen molar-refractivity contribution in [2.24, 2.45) is 4.99 Å². The minimum atomic E-state index is -0.734. The van der Waals surface area contributed by atoms with Crippen LogP contribution in [-0.4, -0.2) is 28.1 Å². The first-order valence-electron chi connectivity index (χ1n) is 10.3. The van der Waals surface area contributed by atoms with Crippen molar-refractivity contribution in [1.82, 2.24) is 9.55 Å². The summed E-state index contributed by atoms with van der Waals surface area (Å²) < 4.78 is 12.4. The van der Waals surface area contributed by atoms with Gasteiger partial charge in [0, 0.05) is 19.3 Å². The highest BCUT2D eigenvalue weighted by Crippen LogP contribution is 2.31. The zero-order valence-electron chi connectivity index (χ0n) is 18.3. The van der Waals surface area contributed by atoms with Crippen molar-refractivity contribution in [1.29, 1.82) is 0 Å². The lowest BCUT2D eigenvalue weighted by Gasteiger charge is -2.24. The predicted molar refractivity (Wildman–Crippen MR) is 122 cm³/mol. The third-order valence-electron chi connectivity index (χ3n) is 4.96. The number of fused-ring (bicyclic) bond motifs is 1. The molecule has 8 nitrogen and oxygen atoms in total. The topological polar surface area (TPSA) is 99.9 Å². The van der Waals surface area contributed by atoms with Gasteiger partial charge in [-0.15, -0.1) is 0 Å². The summed E-state index contributed by atoms with van der Waals surface area (Å²) in [7, 11) is 0. The molecule has 0 unspecified atom stereocenters. The highest BCUT2D eigenvalue weighted by molar-refractivity contribution is 7.07. The molecule has 0 fully saturated rings. The largest absolute Gasteiger partial charge is 0.463 e. The van der Waals surface area contributed by atoms with E-state index in [0.717, 1.165) is 5.56 Å². The Morgan fingerprint density at radius 1 is 1.21 bits per heavy atom. The first-order valence-corrected chi connectivity index (χ1v) is 11.1. The smallest absolute Gasteiger partial charge is 0.338 e. The van der Waals surface area contributed by atoms with Crippen LogP contribution in [-0.2, 0) is 14.3 Å². The normalized spacial score (nSPS) is 15.6. The van der Waals surface area contributed by atoms with E-state index in [1.54, 1.807) is 62.6 Å². The van der Waals surface area contributed by atoms with Crippen LogP contribution in [0.2, 0.25) is 0 Å². The summed E-state index contributed by atoms with van der Waals surface area (Å²) in [6, 6.07) is 9.60. The van der Waals surface area contributed by atoms with Gasteiger partial charge in [-0.3, -0.25) is 19.1 Å². The molecule has 0 radical (unpaired) electrons. The first-order chi connectivity index (χ1) is 15.9. The molecule has 33 heavy (non-hydrogen) atoms. The summed E-state index contributed by atoms with van der Waals surface area (Å²) in [5.74, 6) is -0.600. The van der Waals surface area contributed by atoms with E-state index in [2.05, 4.69) is 9.98 Å². The standard InChI is InChI=1S/C24H21N3O5S/c1-4-31-23(30)20-14(2)26-24-27(21(20)17-7-9-18(10-8-17)32-15(3)28)22(29)19(33-24)12-16-6-5-11-25-13-16/h5-13,21H,4H2,1-3H3/t21-/m0/s1. The molecule has 1 aliphatic rings. The maximum atomic E-state index is 13.5. The van der Waals surface area contributed by atoms with E-state index in [4.69, 9.17) is 9.47 Å². The summed E-state index contributed by atoms with van der Waals surface area (Å²) in [5.41, 5.74) is 1.95. The molecule has 2 aromatic heterocycles. The molecule has 0 bridgehead atoms. The van der Waals surface area contributed by atoms with E-state index in [0.29, 0.717) is 26.3 Å². The summed E-state index contributed by atoms with van der Waals surface area (Å²) in [5, 5.41) is 0. The Morgan fingerprint density at radius 3 is 2.61 bits per heavy atom. The van der Waals surface area contributed by atoms with Crippen molar-refractivity contribution in [2.75, 3.05) is 6.61 Å². The highest BCUT2D eigenvalue weighted by Gasteiger charge is 2.33. The lowest BCUT2D eigenvalue weighted by atomic mass is 9.96. The molecule has 4 rings (SSSR count). The van der Waals surface area contributed by atoms with Crippen LogP contribution in [0.25, 0.3) is 6.08 Å². The lowest BCUT2D eigenvalue weighted by Crippen LogP contribution is -2.39. The van der Waals surface area contributed by atoms with Gasteiger partial charge in [-0.2, -0.15) is 0 Å². The monoisotopic (exact) mass is 463 g/mol. The van der Waals surface area contributed by atoms with Gasteiger partial charge in [-0.1, -0.05) is 29.5 Å². The summed E-state index contributed by atoms with van der Waals surface area (Å²) in [6.07, 6.45) is 5.08. The van der Waals surface area contributed by atoms with Crippen LogP contribution < -0.4 is 19.6 Å². The van der Waals surface area contributed by atoms with Crippen LogP contribution in [0.1, 0.15) is 37.9 Å². The van der Waals surface area contributed by atoms with Crippen LogP contribution in [0.5, 0.6) is 5.75 Å². The number of rotatable bonds is 5. The van der Waals surface area contributed by atoms with Gasteiger partial charge < -0.3 is 9.47 Å². The number of aromatic nitrogens is 2. The van der Waals surface area contributed by atoms with Crippen LogP contribution in [0.15, 0.2) is 69.8 Å². The molecular formula is C24H21N3O5S. The van der Waals surface area contributed by atoms with Crippen LogP contribution in [0, 0.1) is 0 Å². The Bertz CT molecular complexity index is 1420. The number of benzene rings is 1. The van der Waals surface area contributed by atoms with Crippen molar-refractivity contribution >= 4 is 29.4 Å². The second-order valence-electron chi connectivity index (χ2n) is 7.25. The first kappa shape index (κ1) is 22.3. The third-order valence-corrected chi connectivity index (χ3v) is 5.94. The average Bonchev–Trinajstić information content (AvgIpc) is 3.08. The van der Waals surface area contributed by atoms with Gasteiger partial charge in [-0.25, -0.2) is 9.79 Å². The molecule has 3 heterocycles. The molecule has 0 saturated carbocycles. The second kappa shape index (κ2) is 9.33. The van der Waals surface area contributed by atoms with Gasteiger partial charge in [0.2, 0.25) is 0 Å². The van der Waals surface area contributed by atoms with E-state index in [1.807, 2.05) is 6.07 Å². The fourth-order valence-electron chi connectivity index (χ4n) is 3.60. The molecule has 0 spiro atoms. The minimum Gasteiger partial charge on any atom is -0.463 e. The summed E-state index contributed by atoms with van der Waals surface area (Å²) in [6.45, 7) is 4.96. The number of hydrogen-bond acceptors (Lipinski definition) is 8. The molecule has 0 N–H and O–H groups in total. The van der Waals surface area contributed by atoms with Gasteiger partial charge in [0.05, 0.1) is 28.5 Å². The van der Waals surface area contributed by atoms with Gasteiger partial charge in [0.15, 0.2) is 4.80 Å². The molecule has 1 aliphatic heterocycles. The van der Waals surface area contributed by atoms with Crippen molar-refractivity contribution < 1.29 is 19.1 Å². The number of carbonyl (C=O) groups excluding carboxylic acids is 2. The highest BCUT2D eigenvalue weighted by atomic mass is 32.1. The minimum absolute atomic E-state index is 0.194. The van der Waals surface area contributed by atoms with Crippen molar-refractivity contribution in [3.8, 4) is 5.75 Å². The van der Waals surface area contributed by atoms with Crippen molar-refractivity contribution in [3.63, 3.8) is 0 Å². The Morgan fingerprint density at radius 2 is 1.97 bits per heavy atom. The predicted octanol–water partition coefficient (Wildman–Crippen LogP) is 2.12. The Hall–Kier alpha value is -3.85. The van der Waals surface area contributed by atoms with Gasteiger partial charge in [0.25, 0.3) is 5.56 Å². The van der Waals surface area contributed by atoms with E-state index in [9.17, 15) is 14.4 Å². The Kier molecular flexibility index (Phi) is 6.32. The van der Waals surface area contributed by atoms with Crippen LogP contribution in [0.3, 0.4) is 0 Å². The summed E-state index contributed by atoms with van der Waals surface area (Å²) in [4.78, 5) is 46.7. The number of hydrogen-bond donors (Lipinski definition) is 0. The van der Waals surface area contributed by atoms with Crippen molar-refractivity contribution in [3.05, 3.63) is 90.9 Å². The zero-order valence-corrected chi connectivity index (χ0v) is 19.1. The Balaban J connectivity index is 1.90. The maximum Gasteiger partial charge on any atom is 0.338 e. The molecule has 1 atom stereocenters. The van der Waals surface area contributed by atoms with Crippen LogP contribution >= 0.6 is 11.3 Å². The lowest BCUT2D eigenvalue weighted by molar-refractivity contribution is -0.139. The molecule has 0 aliphatic carbocycles. The number of thiazole rings is 1. The van der Waals surface area contributed by atoms with E-state index in [1.165, 1.54) is 22.8 Å². The fourth-order valence-corrected chi connectivity index (χ4v) is 4.65. The molecule has 1 aromatic carbocycles. The van der Waals surface area contributed by atoms with Crippen LogP contribution in [0.4, 0.5) is 0 Å². The number of allylic oxidation sites excluding steroid dienone is 1. The molecule has 3 aromatic rings. The fraction of sp³-hybridized carbons (Fsp3) is 0.208. The zero-order chi connectivity index (χ0) is 23.5. The molecular weight excluding hydrogens is 442 g/mol. The number of carbonyl (C=O) groups is 2. The molecule has 0 amide bonds. The quantitative estimate of drug-likeness (QED) is 0.425. The van der Waals surface area contributed by atoms with Gasteiger partial charge >= 0.3 is 11.9 Å². The number of nitrogens with zero attached hydrogens (tertiary/aromatic N) is 3. The third kappa shape index (κ3) is 4.54. The van der Waals surface area contributed by atoms with E-state index < -0.39 is 18.0 Å². The number of esters is 2. The summed E-state index contributed by atoms with van der Waals surface area (Å²) >= 11 is 1.24. The molecule has 0 saturated heterocycles. The molecule has 168 valence electrons.